The van der Waals surface area contributed by atoms with Crippen LogP contribution in [0.5, 0.6) is 0 Å². The van der Waals surface area contributed by atoms with Gasteiger partial charge in [0.05, 0.1) is 11.0 Å². The Morgan fingerprint density at radius 1 is 1.24 bits per heavy atom. The molecule has 2 N–H and O–H groups in total. The van der Waals surface area contributed by atoms with Crippen molar-refractivity contribution in [1.82, 2.24) is 10.2 Å². The number of amides is 1. The van der Waals surface area contributed by atoms with E-state index in [0.29, 0.717) is 23.1 Å². The van der Waals surface area contributed by atoms with Gasteiger partial charge in [-0.3, -0.25) is 4.79 Å². The summed E-state index contributed by atoms with van der Waals surface area (Å²) in [6, 6.07) is 17.5. The first-order valence-electron chi connectivity index (χ1n) is 12.6. The molecule has 9 heteroatoms. The molecule has 1 amide bonds. The summed E-state index contributed by atoms with van der Waals surface area (Å²) in [4.78, 5) is 17.1. The second-order valence-electron chi connectivity index (χ2n) is 9.97. The van der Waals surface area contributed by atoms with Crippen molar-refractivity contribution in [2.45, 2.75) is 64.0 Å². The number of hydrogen-bond acceptors (Lipinski definition) is 5. The van der Waals surface area contributed by atoms with E-state index in [1.54, 1.807) is 11.3 Å². The molecular weight excluding hydrogens is 559 g/mol. The van der Waals surface area contributed by atoms with E-state index in [-0.39, 0.29) is 18.4 Å². The third-order valence-corrected chi connectivity index (χ3v) is 8.27. The summed E-state index contributed by atoms with van der Waals surface area (Å²) < 4.78 is 5.83. The molecular formula is C29H32Cl2N2O3S2. The summed E-state index contributed by atoms with van der Waals surface area (Å²) in [5.41, 5.74) is 3.27. The van der Waals surface area contributed by atoms with Crippen molar-refractivity contribution in [3.05, 3.63) is 91.6 Å². The largest absolute Gasteiger partial charge is 0.375 e. The molecule has 5 nitrogen and oxygen atoms in total. The number of thiophene rings is 1. The molecule has 3 aromatic rings. The molecule has 0 radical (unpaired) electrons. The zero-order valence-electron chi connectivity index (χ0n) is 21.5. The Morgan fingerprint density at radius 2 is 2.03 bits per heavy atom. The number of benzene rings is 2. The Bertz CT molecular complexity index is 1270. The molecule has 1 aromatic heterocycles. The van der Waals surface area contributed by atoms with Crippen LogP contribution in [0.25, 0.3) is 0 Å². The van der Waals surface area contributed by atoms with Crippen molar-refractivity contribution in [2.24, 2.45) is 0 Å². The van der Waals surface area contributed by atoms with E-state index in [0.717, 1.165) is 40.3 Å². The summed E-state index contributed by atoms with van der Waals surface area (Å²) in [6.07, 6.45) is 1.76. The SMILES string of the molecule is CC(C)(O)O[C@H](CC(=S)NCc1cc(Cc2ccccc2Cl)cs1)C(=O)N1CCCC1c1cccc(Cl)c1. The van der Waals surface area contributed by atoms with Gasteiger partial charge in [0, 0.05) is 34.4 Å². The predicted octanol–water partition coefficient (Wildman–Crippen LogP) is 6.93. The van der Waals surface area contributed by atoms with Gasteiger partial charge in [-0.1, -0.05) is 65.8 Å². The summed E-state index contributed by atoms with van der Waals surface area (Å²) in [5.74, 6) is -1.67. The summed E-state index contributed by atoms with van der Waals surface area (Å²) in [5, 5.41) is 17.2. The lowest BCUT2D eigenvalue weighted by Crippen LogP contribution is -2.45. The highest BCUT2D eigenvalue weighted by Crippen LogP contribution is 2.34. The second kappa shape index (κ2) is 12.9. The molecule has 1 fully saturated rings. The molecule has 0 aliphatic carbocycles. The van der Waals surface area contributed by atoms with Gasteiger partial charge in [0.1, 0.15) is 6.10 Å². The molecule has 2 aromatic carbocycles. The molecule has 1 aliphatic heterocycles. The van der Waals surface area contributed by atoms with Gasteiger partial charge in [0.25, 0.3) is 5.91 Å². The number of likely N-dealkylation sites (tertiary alicyclic amines) is 1. The van der Waals surface area contributed by atoms with Crippen molar-refractivity contribution in [1.29, 1.82) is 0 Å². The van der Waals surface area contributed by atoms with Crippen LogP contribution in [0.3, 0.4) is 0 Å². The van der Waals surface area contributed by atoms with Crippen molar-refractivity contribution in [3.8, 4) is 0 Å². The van der Waals surface area contributed by atoms with Gasteiger partial charge in [-0.25, -0.2) is 0 Å². The van der Waals surface area contributed by atoms with Crippen LogP contribution < -0.4 is 5.32 Å². The Hall–Kier alpha value is -2.00. The number of aliphatic hydroxyl groups is 1. The lowest BCUT2D eigenvalue weighted by molar-refractivity contribution is -0.210. The maximum atomic E-state index is 13.7. The van der Waals surface area contributed by atoms with Crippen LogP contribution in [-0.2, 0) is 22.5 Å². The van der Waals surface area contributed by atoms with Crippen molar-refractivity contribution >= 4 is 57.7 Å². The summed E-state index contributed by atoms with van der Waals surface area (Å²) in [6.45, 7) is 4.21. The first kappa shape index (κ1) is 29.0. The molecule has 38 heavy (non-hydrogen) atoms. The van der Waals surface area contributed by atoms with E-state index < -0.39 is 11.9 Å². The van der Waals surface area contributed by atoms with E-state index in [9.17, 15) is 9.90 Å². The van der Waals surface area contributed by atoms with Gasteiger partial charge in [-0.05, 0) is 79.4 Å². The third-order valence-electron chi connectivity index (χ3n) is 6.37. The van der Waals surface area contributed by atoms with E-state index in [2.05, 4.69) is 16.8 Å². The number of nitrogens with one attached hydrogen (secondary N) is 1. The molecule has 0 spiro atoms. The molecule has 1 aliphatic rings. The quantitative estimate of drug-likeness (QED) is 0.198. The Kier molecular flexibility index (Phi) is 9.84. The minimum Gasteiger partial charge on any atom is -0.375 e. The number of carbonyl (C=O) groups is 1. The Labute approximate surface area is 243 Å². The molecule has 202 valence electrons. The van der Waals surface area contributed by atoms with Gasteiger partial charge in [-0.2, -0.15) is 0 Å². The van der Waals surface area contributed by atoms with Gasteiger partial charge in [-0.15, -0.1) is 11.3 Å². The predicted molar refractivity (Wildman–Crippen MR) is 159 cm³/mol. The smallest absolute Gasteiger partial charge is 0.252 e. The molecule has 4 rings (SSSR count). The zero-order chi connectivity index (χ0) is 27.3. The maximum Gasteiger partial charge on any atom is 0.252 e. The average molecular weight is 592 g/mol. The fraction of sp³-hybridized carbons (Fsp3) is 0.379. The van der Waals surface area contributed by atoms with Gasteiger partial charge >= 0.3 is 0 Å². The van der Waals surface area contributed by atoms with Gasteiger partial charge < -0.3 is 20.1 Å². The number of nitrogens with zero attached hydrogens (tertiary/aromatic N) is 1. The van der Waals surface area contributed by atoms with Gasteiger partial charge in [0.15, 0.2) is 5.79 Å². The molecule has 1 saturated heterocycles. The van der Waals surface area contributed by atoms with Crippen LogP contribution >= 0.6 is 46.8 Å². The normalized spacial score (nSPS) is 16.4. The minimum atomic E-state index is -1.48. The molecule has 2 heterocycles. The fourth-order valence-electron chi connectivity index (χ4n) is 4.70. The third kappa shape index (κ3) is 8.01. The van der Waals surface area contributed by atoms with E-state index in [4.69, 9.17) is 40.2 Å². The van der Waals surface area contributed by atoms with Crippen LogP contribution in [0.4, 0.5) is 0 Å². The van der Waals surface area contributed by atoms with Crippen LogP contribution in [0.1, 0.15) is 60.7 Å². The number of hydrogen-bond donors (Lipinski definition) is 2. The highest BCUT2D eigenvalue weighted by Gasteiger charge is 2.37. The van der Waals surface area contributed by atoms with Crippen molar-refractivity contribution < 1.29 is 14.6 Å². The Morgan fingerprint density at radius 3 is 2.76 bits per heavy atom. The first-order valence-corrected chi connectivity index (χ1v) is 14.7. The van der Waals surface area contributed by atoms with Crippen LogP contribution in [0, 0.1) is 0 Å². The lowest BCUT2D eigenvalue weighted by Gasteiger charge is -2.32. The fourth-order valence-corrected chi connectivity index (χ4v) is 6.16. The van der Waals surface area contributed by atoms with E-state index >= 15 is 0 Å². The first-order chi connectivity index (χ1) is 18.1. The van der Waals surface area contributed by atoms with Crippen molar-refractivity contribution in [3.63, 3.8) is 0 Å². The zero-order valence-corrected chi connectivity index (χ0v) is 24.6. The van der Waals surface area contributed by atoms with Crippen LogP contribution in [0.15, 0.2) is 60.0 Å². The molecule has 1 unspecified atom stereocenters. The number of rotatable bonds is 10. The summed E-state index contributed by atoms with van der Waals surface area (Å²) in [7, 11) is 0. The van der Waals surface area contributed by atoms with Crippen LogP contribution in [-0.4, -0.2) is 39.3 Å². The highest BCUT2D eigenvalue weighted by molar-refractivity contribution is 7.80. The molecule has 2 atom stereocenters. The topological polar surface area (TPSA) is 61.8 Å². The lowest BCUT2D eigenvalue weighted by atomic mass is 10.0. The van der Waals surface area contributed by atoms with E-state index in [1.165, 1.54) is 19.4 Å². The summed E-state index contributed by atoms with van der Waals surface area (Å²) >= 11 is 19.8. The minimum absolute atomic E-state index is 0.0849. The number of thiocarbonyl (C=S) groups is 1. The van der Waals surface area contributed by atoms with Gasteiger partial charge in [0.2, 0.25) is 0 Å². The van der Waals surface area contributed by atoms with E-state index in [1.807, 2.05) is 53.4 Å². The maximum absolute atomic E-state index is 13.7. The number of halogens is 2. The van der Waals surface area contributed by atoms with Crippen LogP contribution in [0.2, 0.25) is 10.0 Å². The highest BCUT2D eigenvalue weighted by atomic mass is 35.5. The average Bonchev–Trinajstić information content (AvgIpc) is 3.52. The number of ether oxygens (including phenoxy) is 1. The second-order valence-corrected chi connectivity index (χ2v) is 12.3. The number of carbonyl (C=O) groups excluding carboxylic acids is 1. The molecule has 0 saturated carbocycles. The standard InChI is InChI=1S/C29H32Cl2N2O3S2/c1-29(2,35)36-26(28(34)33-12-6-11-25(33)21-8-5-9-22(30)15-21)16-27(37)32-17-23-14-19(18-38-23)13-20-7-3-4-10-24(20)31/h3-5,7-10,14-15,18,25-26,35H,6,11-13,16-17H2,1-2H3,(H,32,37)/t25?,26-/m1/s1. The Balaban J connectivity index is 1.38. The molecule has 0 bridgehead atoms. The van der Waals surface area contributed by atoms with Crippen molar-refractivity contribution in [2.75, 3.05) is 6.54 Å². The monoisotopic (exact) mass is 590 g/mol.